The summed E-state index contributed by atoms with van der Waals surface area (Å²) < 4.78 is 0. The lowest BCUT2D eigenvalue weighted by Gasteiger charge is -2.27. The van der Waals surface area contributed by atoms with Gasteiger partial charge in [-0.25, -0.2) is 0 Å². The molecule has 0 saturated heterocycles. The second kappa shape index (κ2) is 7.55. The Morgan fingerprint density at radius 1 is 1.11 bits per heavy atom. The molecule has 1 aromatic rings. The molecule has 1 aromatic carbocycles. The van der Waals surface area contributed by atoms with Gasteiger partial charge in [0.1, 0.15) is 0 Å². The fraction of sp³-hybridized carbons (Fsp3) is 0.625. The van der Waals surface area contributed by atoms with Crippen LogP contribution in [-0.4, -0.2) is 25.0 Å². The largest absolute Gasteiger partial charge is 0.324 e. The van der Waals surface area contributed by atoms with Crippen LogP contribution >= 0.6 is 0 Å². The molecular weight excluding hydrogens is 220 g/mol. The van der Waals surface area contributed by atoms with Gasteiger partial charge in [-0.05, 0) is 24.4 Å². The Morgan fingerprint density at radius 2 is 1.72 bits per heavy atom. The third kappa shape index (κ3) is 4.79. The predicted octanol–water partition coefficient (Wildman–Crippen LogP) is 3.30. The van der Waals surface area contributed by atoms with E-state index in [4.69, 9.17) is 5.73 Å². The Labute approximate surface area is 112 Å². The summed E-state index contributed by atoms with van der Waals surface area (Å²) in [6, 6.07) is 10.5. The van der Waals surface area contributed by atoms with Crippen LogP contribution in [0.5, 0.6) is 0 Å². The van der Waals surface area contributed by atoms with Gasteiger partial charge < -0.3 is 10.6 Å². The lowest BCUT2D eigenvalue weighted by Crippen LogP contribution is -2.33. The molecule has 0 radical (unpaired) electrons. The lowest BCUT2D eigenvalue weighted by molar-refractivity contribution is 0.233. The normalized spacial score (nSPS) is 16.6. The maximum atomic E-state index is 6.32. The van der Waals surface area contributed by atoms with Gasteiger partial charge in [0, 0.05) is 19.1 Å². The lowest BCUT2D eigenvalue weighted by atomic mass is 9.94. The molecule has 0 saturated carbocycles. The van der Waals surface area contributed by atoms with Crippen LogP contribution in [-0.2, 0) is 0 Å². The minimum Gasteiger partial charge on any atom is -0.324 e. The molecular formula is C16H28N2. The average molecular weight is 248 g/mol. The topological polar surface area (TPSA) is 29.3 Å². The molecule has 0 aliphatic heterocycles. The number of nitrogens with zero attached hydrogens (tertiary/aromatic N) is 1. The Balaban J connectivity index is 2.47. The van der Waals surface area contributed by atoms with Crippen LogP contribution in [0.2, 0.25) is 0 Å². The van der Waals surface area contributed by atoms with E-state index in [1.165, 1.54) is 12.0 Å². The van der Waals surface area contributed by atoms with Gasteiger partial charge in [-0.15, -0.1) is 0 Å². The van der Waals surface area contributed by atoms with Crippen LogP contribution in [0.15, 0.2) is 30.3 Å². The van der Waals surface area contributed by atoms with Crippen LogP contribution in [0.4, 0.5) is 0 Å². The third-order valence-electron chi connectivity index (χ3n) is 3.72. The van der Waals surface area contributed by atoms with Crippen molar-refractivity contribution < 1.29 is 0 Å². The first-order chi connectivity index (χ1) is 8.54. The van der Waals surface area contributed by atoms with Crippen LogP contribution < -0.4 is 5.73 Å². The zero-order valence-electron chi connectivity index (χ0n) is 12.3. The highest BCUT2D eigenvalue weighted by molar-refractivity contribution is 5.19. The average Bonchev–Trinajstić information content (AvgIpc) is 2.38. The zero-order chi connectivity index (χ0) is 13.5. The van der Waals surface area contributed by atoms with Crippen LogP contribution in [0.1, 0.15) is 38.8 Å². The van der Waals surface area contributed by atoms with Gasteiger partial charge in [0.2, 0.25) is 0 Å². The summed E-state index contributed by atoms with van der Waals surface area (Å²) in [5, 5.41) is 0. The molecule has 0 spiro atoms. The van der Waals surface area contributed by atoms with Crippen LogP contribution in [0.3, 0.4) is 0 Å². The van der Waals surface area contributed by atoms with Crippen molar-refractivity contribution >= 4 is 0 Å². The molecule has 0 aromatic heterocycles. The fourth-order valence-corrected chi connectivity index (χ4v) is 2.34. The molecule has 2 N–H and O–H groups in total. The van der Waals surface area contributed by atoms with Crippen molar-refractivity contribution in [3.8, 4) is 0 Å². The van der Waals surface area contributed by atoms with E-state index in [1.54, 1.807) is 0 Å². The van der Waals surface area contributed by atoms with Crippen molar-refractivity contribution in [2.75, 3.05) is 20.1 Å². The van der Waals surface area contributed by atoms with Crippen LogP contribution in [0.25, 0.3) is 0 Å². The zero-order valence-corrected chi connectivity index (χ0v) is 12.3. The second-order valence-electron chi connectivity index (χ2n) is 5.65. The summed E-state index contributed by atoms with van der Waals surface area (Å²) in [6.07, 6.45) is 1.24. The Hall–Kier alpha value is -0.860. The summed E-state index contributed by atoms with van der Waals surface area (Å²) in [5.74, 6) is 1.23. The smallest absolute Gasteiger partial charge is 0.0333 e. The van der Waals surface area contributed by atoms with Gasteiger partial charge in [-0.1, -0.05) is 57.5 Å². The first-order valence-corrected chi connectivity index (χ1v) is 7.03. The first kappa shape index (κ1) is 15.2. The van der Waals surface area contributed by atoms with Gasteiger partial charge >= 0.3 is 0 Å². The fourth-order valence-electron chi connectivity index (χ4n) is 2.34. The highest BCUT2D eigenvalue weighted by atomic mass is 15.1. The van der Waals surface area contributed by atoms with Crippen molar-refractivity contribution in [2.24, 2.45) is 17.6 Å². The Bertz CT molecular complexity index is 323. The number of hydrogen-bond acceptors (Lipinski definition) is 2. The van der Waals surface area contributed by atoms with E-state index in [0.29, 0.717) is 5.92 Å². The van der Waals surface area contributed by atoms with Crippen molar-refractivity contribution in [3.63, 3.8) is 0 Å². The van der Waals surface area contributed by atoms with Gasteiger partial charge in [0.05, 0.1) is 0 Å². The third-order valence-corrected chi connectivity index (χ3v) is 3.72. The number of benzene rings is 1. The molecule has 0 amide bonds. The van der Waals surface area contributed by atoms with E-state index in [0.717, 1.165) is 19.0 Å². The molecule has 0 bridgehead atoms. The summed E-state index contributed by atoms with van der Waals surface area (Å²) in [6.45, 7) is 9.00. The van der Waals surface area contributed by atoms with Gasteiger partial charge in [-0.2, -0.15) is 0 Å². The van der Waals surface area contributed by atoms with E-state index in [2.05, 4.69) is 57.0 Å². The monoisotopic (exact) mass is 248 g/mol. The molecule has 18 heavy (non-hydrogen) atoms. The van der Waals surface area contributed by atoms with E-state index in [1.807, 2.05) is 6.07 Å². The summed E-state index contributed by atoms with van der Waals surface area (Å²) in [5.41, 5.74) is 7.56. The molecule has 0 heterocycles. The van der Waals surface area contributed by atoms with Gasteiger partial charge in [0.25, 0.3) is 0 Å². The highest BCUT2D eigenvalue weighted by Gasteiger charge is 2.17. The first-order valence-electron chi connectivity index (χ1n) is 7.03. The van der Waals surface area contributed by atoms with Crippen molar-refractivity contribution in [3.05, 3.63) is 35.9 Å². The van der Waals surface area contributed by atoms with Crippen molar-refractivity contribution in [1.29, 1.82) is 0 Å². The quantitative estimate of drug-likeness (QED) is 0.802. The van der Waals surface area contributed by atoms with E-state index < -0.39 is 0 Å². The minimum absolute atomic E-state index is 0.130. The maximum Gasteiger partial charge on any atom is 0.0333 e. The summed E-state index contributed by atoms with van der Waals surface area (Å²) in [4.78, 5) is 2.40. The Morgan fingerprint density at radius 3 is 2.28 bits per heavy atom. The van der Waals surface area contributed by atoms with E-state index in [-0.39, 0.29) is 6.04 Å². The Kier molecular flexibility index (Phi) is 6.37. The maximum absolute atomic E-state index is 6.32. The predicted molar refractivity (Wildman–Crippen MR) is 79.5 cm³/mol. The SMILES string of the molecule is CCC(C)CN(C)CC(C)C(N)c1ccccc1. The molecule has 102 valence electrons. The molecule has 0 fully saturated rings. The van der Waals surface area contributed by atoms with Crippen molar-refractivity contribution in [1.82, 2.24) is 4.90 Å². The number of nitrogens with two attached hydrogens (primary N) is 1. The van der Waals surface area contributed by atoms with E-state index in [9.17, 15) is 0 Å². The standard InChI is InChI=1S/C16H28N2/c1-5-13(2)11-18(4)12-14(3)16(17)15-9-7-6-8-10-15/h6-10,13-14,16H,5,11-12,17H2,1-4H3. The molecule has 0 aliphatic rings. The van der Waals surface area contributed by atoms with Crippen LogP contribution in [0, 0.1) is 11.8 Å². The van der Waals surface area contributed by atoms with Gasteiger partial charge in [0.15, 0.2) is 0 Å². The molecule has 2 nitrogen and oxygen atoms in total. The number of hydrogen-bond donors (Lipinski definition) is 1. The minimum atomic E-state index is 0.130. The summed E-state index contributed by atoms with van der Waals surface area (Å²) >= 11 is 0. The van der Waals surface area contributed by atoms with Crippen molar-refractivity contribution in [2.45, 2.75) is 33.2 Å². The summed E-state index contributed by atoms with van der Waals surface area (Å²) in [7, 11) is 2.19. The highest BCUT2D eigenvalue weighted by Crippen LogP contribution is 2.20. The van der Waals surface area contributed by atoms with E-state index >= 15 is 0 Å². The molecule has 3 unspecified atom stereocenters. The second-order valence-corrected chi connectivity index (χ2v) is 5.65. The molecule has 3 atom stereocenters. The van der Waals surface area contributed by atoms with Gasteiger partial charge in [-0.3, -0.25) is 0 Å². The number of rotatable bonds is 7. The molecule has 1 rings (SSSR count). The molecule has 0 aliphatic carbocycles. The molecule has 2 heteroatoms.